The highest BCUT2D eigenvalue weighted by atomic mass is 16.2. The molecular weight excluding hydrogens is 342 g/mol. The van der Waals surface area contributed by atoms with Crippen molar-refractivity contribution in [1.29, 1.82) is 0 Å². The van der Waals surface area contributed by atoms with E-state index in [1.807, 2.05) is 13.0 Å². The third-order valence-corrected chi connectivity index (χ3v) is 5.19. The quantitative estimate of drug-likeness (QED) is 0.789. The fourth-order valence-corrected chi connectivity index (χ4v) is 3.51. The van der Waals surface area contributed by atoms with Gasteiger partial charge in [0.15, 0.2) is 0 Å². The fourth-order valence-electron chi connectivity index (χ4n) is 3.51. The van der Waals surface area contributed by atoms with Crippen LogP contribution in [0.4, 0.5) is 5.69 Å². The Labute approximate surface area is 157 Å². The van der Waals surface area contributed by atoms with Gasteiger partial charge in [0.25, 0.3) is 5.56 Å². The minimum atomic E-state index is -0.112. The number of pyridine rings is 1. The average molecular weight is 365 g/mol. The molecule has 0 spiro atoms. The van der Waals surface area contributed by atoms with Crippen LogP contribution in [-0.4, -0.2) is 50.9 Å². The van der Waals surface area contributed by atoms with Crippen molar-refractivity contribution in [1.82, 2.24) is 19.9 Å². The zero-order valence-corrected chi connectivity index (χ0v) is 15.4. The third kappa shape index (κ3) is 3.37. The molecule has 27 heavy (non-hydrogen) atoms. The number of hydrogen-bond acceptors (Lipinski definition) is 5. The van der Waals surface area contributed by atoms with Crippen LogP contribution in [0.1, 0.15) is 25.5 Å². The van der Waals surface area contributed by atoms with Crippen molar-refractivity contribution < 1.29 is 4.79 Å². The van der Waals surface area contributed by atoms with Crippen LogP contribution in [0.5, 0.6) is 0 Å². The van der Waals surface area contributed by atoms with Crippen LogP contribution in [0, 0.1) is 0 Å². The molecule has 2 aromatic heterocycles. The van der Waals surface area contributed by atoms with Crippen molar-refractivity contribution >= 4 is 11.6 Å². The first kappa shape index (κ1) is 17.5. The molecule has 0 aromatic carbocycles. The molecular formula is C20H23N5O2. The molecule has 1 saturated heterocycles. The Morgan fingerprint density at radius 1 is 1.37 bits per heavy atom. The predicted octanol–water partition coefficient (Wildman–Crippen LogP) is 1.76. The van der Waals surface area contributed by atoms with E-state index >= 15 is 0 Å². The van der Waals surface area contributed by atoms with Crippen LogP contribution in [0.3, 0.4) is 0 Å². The lowest BCUT2D eigenvalue weighted by Crippen LogP contribution is -2.62. The maximum Gasteiger partial charge on any atom is 0.271 e. The molecule has 1 N–H and O–H groups in total. The predicted molar refractivity (Wildman–Crippen MR) is 104 cm³/mol. The van der Waals surface area contributed by atoms with Crippen LogP contribution < -0.4 is 10.5 Å². The summed E-state index contributed by atoms with van der Waals surface area (Å²) in [6.45, 7) is 6.82. The van der Waals surface area contributed by atoms with Crippen LogP contribution in [0.15, 0.2) is 42.1 Å². The maximum absolute atomic E-state index is 12.6. The van der Waals surface area contributed by atoms with E-state index in [0.717, 1.165) is 36.2 Å². The zero-order valence-electron chi connectivity index (χ0n) is 15.4. The summed E-state index contributed by atoms with van der Waals surface area (Å²) in [7, 11) is 0. The minimum absolute atomic E-state index is 0.0590. The molecule has 1 aliphatic carbocycles. The average Bonchev–Trinajstić information content (AvgIpc) is 3.49. The normalized spacial score (nSPS) is 16.7. The van der Waals surface area contributed by atoms with Crippen molar-refractivity contribution in [3.8, 4) is 11.3 Å². The lowest BCUT2D eigenvalue weighted by molar-refractivity contribution is -0.130. The van der Waals surface area contributed by atoms with Gasteiger partial charge in [-0.1, -0.05) is 13.5 Å². The number of nitrogens with one attached hydrogen (secondary N) is 1. The van der Waals surface area contributed by atoms with Crippen LogP contribution >= 0.6 is 0 Å². The maximum atomic E-state index is 12.6. The van der Waals surface area contributed by atoms with E-state index in [0.29, 0.717) is 24.8 Å². The second-order valence-corrected chi connectivity index (χ2v) is 7.09. The van der Waals surface area contributed by atoms with Crippen molar-refractivity contribution in [2.24, 2.45) is 0 Å². The van der Waals surface area contributed by atoms with E-state index in [-0.39, 0.29) is 17.5 Å². The molecule has 0 radical (unpaired) electrons. The molecule has 4 rings (SSSR count). The molecule has 2 fully saturated rings. The van der Waals surface area contributed by atoms with E-state index < -0.39 is 0 Å². The van der Waals surface area contributed by atoms with Crippen molar-refractivity contribution in [2.45, 2.75) is 38.3 Å². The second kappa shape index (κ2) is 6.98. The molecule has 3 heterocycles. The summed E-state index contributed by atoms with van der Waals surface area (Å²) < 4.78 is 0. The first-order valence-electron chi connectivity index (χ1n) is 9.34. The number of aromatic nitrogens is 3. The fraction of sp³-hybridized carbons (Fsp3) is 0.400. The molecule has 140 valence electrons. The molecule has 1 aliphatic heterocycles. The van der Waals surface area contributed by atoms with E-state index in [2.05, 4.69) is 26.4 Å². The Hall–Kier alpha value is -2.96. The van der Waals surface area contributed by atoms with Crippen LogP contribution in [-0.2, 0) is 11.2 Å². The Bertz CT molecular complexity index is 928. The summed E-state index contributed by atoms with van der Waals surface area (Å²) in [6.07, 6.45) is 9.44. The van der Waals surface area contributed by atoms with E-state index in [1.165, 1.54) is 6.08 Å². The van der Waals surface area contributed by atoms with Gasteiger partial charge in [-0.15, -0.1) is 0 Å². The number of aromatic amines is 1. The van der Waals surface area contributed by atoms with E-state index in [1.54, 1.807) is 23.5 Å². The highest BCUT2D eigenvalue weighted by molar-refractivity contribution is 5.88. The van der Waals surface area contributed by atoms with Gasteiger partial charge in [0, 0.05) is 37.1 Å². The molecule has 0 atom stereocenters. The highest BCUT2D eigenvalue weighted by Gasteiger charge is 2.42. The molecule has 2 aliphatic rings. The Balaban J connectivity index is 1.64. The SMILES string of the molecule is C=CC(=O)N1CC(N(c2cc(-c3cncc(CC)n3)c[nH]c2=O)C2CC2)C1. The smallest absolute Gasteiger partial charge is 0.271 e. The minimum Gasteiger partial charge on any atom is -0.358 e. The highest BCUT2D eigenvalue weighted by Crippen LogP contribution is 2.35. The summed E-state index contributed by atoms with van der Waals surface area (Å²) >= 11 is 0. The summed E-state index contributed by atoms with van der Waals surface area (Å²) in [5.74, 6) is -0.0590. The number of amides is 1. The van der Waals surface area contributed by atoms with Gasteiger partial charge >= 0.3 is 0 Å². The standard InChI is InChI=1S/C20H23N5O2/c1-3-14-9-21-10-17(23-14)13-7-18(20(27)22-8-13)25(15-5-6-15)16-11-24(12-16)19(26)4-2/h4,7-10,15-16H,2-3,5-6,11-12H2,1H3,(H,22,27). The van der Waals surface area contributed by atoms with E-state index in [9.17, 15) is 9.59 Å². The largest absolute Gasteiger partial charge is 0.358 e. The van der Waals surface area contributed by atoms with Crippen LogP contribution in [0.2, 0.25) is 0 Å². The van der Waals surface area contributed by atoms with Gasteiger partial charge in [-0.2, -0.15) is 0 Å². The number of rotatable bonds is 6. The van der Waals surface area contributed by atoms with Gasteiger partial charge in [-0.05, 0) is 31.4 Å². The molecule has 7 heteroatoms. The number of anilines is 1. The number of carbonyl (C=O) groups is 1. The molecule has 1 saturated carbocycles. The Kier molecular flexibility index (Phi) is 4.51. The van der Waals surface area contributed by atoms with Crippen LogP contribution in [0.25, 0.3) is 11.3 Å². The summed E-state index contributed by atoms with van der Waals surface area (Å²) in [6, 6.07) is 2.42. The molecule has 0 unspecified atom stereocenters. The topological polar surface area (TPSA) is 82.2 Å². The number of hydrogen-bond donors (Lipinski definition) is 1. The number of carbonyl (C=O) groups excluding carboxylic acids is 1. The lowest BCUT2D eigenvalue weighted by atomic mass is 10.0. The van der Waals surface area contributed by atoms with Gasteiger partial charge in [0.1, 0.15) is 5.69 Å². The Morgan fingerprint density at radius 3 is 2.81 bits per heavy atom. The first-order chi connectivity index (χ1) is 13.1. The zero-order chi connectivity index (χ0) is 19.0. The van der Waals surface area contributed by atoms with Gasteiger partial charge < -0.3 is 14.8 Å². The monoisotopic (exact) mass is 365 g/mol. The van der Waals surface area contributed by atoms with Gasteiger partial charge in [0.2, 0.25) is 5.91 Å². The van der Waals surface area contributed by atoms with Crippen molar-refractivity contribution in [3.05, 3.63) is 53.4 Å². The number of likely N-dealkylation sites (tertiary alicyclic amines) is 1. The number of aryl methyl sites for hydroxylation is 1. The van der Waals surface area contributed by atoms with Gasteiger partial charge in [0.05, 0.1) is 23.6 Å². The summed E-state index contributed by atoms with van der Waals surface area (Å²) in [5, 5.41) is 0. The first-order valence-corrected chi connectivity index (χ1v) is 9.34. The summed E-state index contributed by atoms with van der Waals surface area (Å²) in [4.78, 5) is 40.0. The molecule has 0 bridgehead atoms. The molecule has 2 aromatic rings. The summed E-state index contributed by atoms with van der Waals surface area (Å²) in [5.41, 5.74) is 3.04. The third-order valence-electron chi connectivity index (χ3n) is 5.19. The second-order valence-electron chi connectivity index (χ2n) is 7.09. The van der Waals surface area contributed by atoms with Gasteiger partial charge in [-0.3, -0.25) is 14.6 Å². The van der Waals surface area contributed by atoms with Crippen molar-refractivity contribution in [3.63, 3.8) is 0 Å². The van der Waals surface area contributed by atoms with Crippen molar-refractivity contribution in [2.75, 3.05) is 18.0 Å². The Morgan fingerprint density at radius 2 is 2.15 bits per heavy atom. The molecule has 1 amide bonds. The van der Waals surface area contributed by atoms with Gasteiger partial charge in [-0.25, -0.2) is 4.98 Å². The number of H-pyrrole nitrogens is 1. The number of nitrogens with zero attached hydrogens (tertiary/aromatic N) is 4. The lowest BCUT2D eigenvalue weighted by Gasteiger charge is -2.46. The molecule has 7 nitrogen and oxygen atoms in total. The van der Waals surface area contributed by atoms with E-state index in [4.69, 9.17) is 0 Å².